The number of halogens is 1. The van der Waals surface area contributed by atoms with Gasteiger partial charge in [-0.25, -0.2) is 0 Å². The zero-order chi connectivity index (χ0) is 8.48. The SMILES string of the molecule is CC1=CC=CC([C]=O)C1(C)I. The van der Waals surface area contributed by atoms with Gasteiger partial charge in [-0.05, 0) is 13.8 Å². The average molecular weight is 261 g/mol. The van der Waals surface area contributed by atoms with Crippen molar-refractivity contribution in [2.45, 2.75) is 17.3 Å². The van der Waals surface area contributed by atoms with Gasteiger partial charge in [-0.1, -0.05) is 46.4 Å². The smallest absolute Gasteiger partial charge is 0.207 e. The molecule has 0 bridgehead atoms. The molecule has 0 saturated heterocycles. The molecule has 2 atom stereocenters. The summed E-state index contributed by atoms with van der Waals surface area (Å²) in [6.45, 7) is 4.10. The molecular formula is C9H10IO. The molecule has 59 valence electrons. The van der Waals surface area contributed by atoms with E-state index < -0.39 is 0 Å². The van der Waals surface area contributed by atoms with Crippen LogP contribution in [-0.4, -0.2) is 9.71 Å². The molecule has 1 aliphatic rings. The van der Waals surface area contributed by atoms with Crippen LogP contribution in [0.3, 0.4) is 0 Å². The molecule has 11 heavy (non-hydrogen) atoms. The lowest BCUT2D eigenvalue weighted by atomic mass is 9.85. The van der Waals surface area contributed by atoms with Crippen LogP contribution in [0.5, 0.6) is 0 Å². The van der Waals surface area contributed by atoms with E-state index in [4.69, 9.17) is 0 Å². The van der Waals surface area contributed by atoms with Crippen LogP contribution in [0.4, 0.5) is 0 Å². The number of hydrogen-bond donors (Lipinski definition) is 0. The average Bonchev–Trinajstić information content (AvgIpc) is 1.95. The Balaban J connectivity index is 2.97. The molecule has 0 heterocycles. The van der Waals surface area contributed by atoms with Crippen molar-refractivity contribution in [2.24, 2.45) is 5.92 Å². The van der Waals surface area contributed by atoms with Crippen molar-refractivity contribution < 1.29 is 4.79 Å². The van der Waals surface area contributed by atoms with Crippen LogP contribution in [0, 0.1) is 5.92 Å². The first-order valence-corrected chi connectivity index (χ1v) is 4.59. The van der Waals surface area contributed by atoms with Gasteiger partial charge in [0.25, 0.3) is 0 Å². The Morgan fingerprint density at radius 3 is 2.82 bits per heavy atom. The summed E-state index contributed by atoms with van der Waals surface area (Å²) >= 11 is 2.30. The summed E-state index contributed by atoms with van der Waals surface area (Å²) in [6.07, 6.45) is 7.90. The first-order chi connectivity index (χ1) is 5.09. The van der Waals surface area contributed by atoms with Crippen molar-refractivity contribution >= 4 is 28.9 Å². The Morgan fingerprint density at radius 1 is 1.73 bits per heavy atom. The summed E-state index contributed by atoms with van der Waals surface area (Å²) in [5, 5.41) is 0. The lowest BCUT2D eigenvalue weighted by Crippen LogP contribution is -2.30. The standard InChI is InChI=1S/C9H10IO/c1-7-4-3-5-8(6-11)9(7,2)10/h3-5,8H,1-2H3. The molecule has 2 unspecified atom stereocenters. The van der Waals surface area contributed by atoms with Crippen molar-refractivity contribution in [3.05, 3.63) is 23.8 Å². The molecule has 0 spiro atoms. The number of carbonyl (C=O) groups excluding carboxylic acids is 1. The first-order valence-electron chi connectivity index (χ1n) is 3.51. The zero-order valence-corrected chi connectivity index (χ0v) is 8.75. The van der Waals surface area contributed by atoms with Gasteiger partial charge in [0, 0.05) is 0 Å². The Labute approximate surface area is 80.7 Å². The molecule has 1 rings (SSSR count). The van der Waals surface area contributed by atoms with Gasteiger partial charge in [-0.2, -0.15) is 0 Å². The summed E-state index contributed by atoms with van der Waals surface area (Å²) in [4.78, 5) is 10.5. The van der Waals surface area contributed by atoms with E-state index in [1.54, 1.807) is 0 Å². The second-order valence-corrected chi connectivity index (χ2v) is 5.15. The maximum absolute atomic E-state index is 10.5. The van der Waals surface area contributed by atoms with Crippen LogP contribution in [0.2, 0.25) is 0 Å². The largest absolute Gasteiger partial charge is 0.290 e. The van der Waals surface area contributed by atoms with E-state index in [9.17, 15) is 4.79 Å². The van der Waals surface area contributed by atoms with Crippen molar-refractivity contribution in [3.8, 4) is 0 Å². The lowest BCUT2D eigenvalue weighted by molar-refractivity contribution is 0.523. The topological polar surface area (TPSA) is 17.1 Å². The summed E-state index contributed by atoms with van der Waals surface area (Å²) in [5.74, 6) is -0.0897. The van der Waals surface area contributed by atoms with Crippen LogP contribution in [0.15, 0.2) is 23.8 Å². The molecule has 0 fully saturated rings. The summed E-state index contributed by atoms with van der Waals surface area (Å²) in [6, 6.07) is 0. The van der Waals surface area contributed by atoms with Gasteiger partial charge in [0.2, 0.25) is 6.29 Å². The van der Waals surface area contributed by atoms with Gasteiger partial charge in [-0.3, -0.25) is 4.79 Å². The van der Waals surface area contributed by atoms with E-state index in [-0.39, 0.29) is 9.34 Å². The Kier molecular flexibility index (Phi) is 2.52. The van der Waals surface area contributed by atoms with E-state index >= 15 is 0 Å². The molecule has 0 amide bonds. The Hall–Kier alpha value is -0.120. The highest BCUT2D eigenvalue weighted by atomic mass is 127. The van der Waals surface area contributed by atoms with Crippen molar-refractivity contribution in [3.63, 3.8) is 0 Å². The maximum Gasteiger partial charge on any atom is 0.207 e. The van der Waals surface area contributed by atoms with Crippen molar-refractivity contribution in [2.75, 3.05) is 0 Å². The van der Waals surface area contributed by atoms with Gasteiger partial charge in [0.05, 0.1) is 9.34 Å². The first kappa shape index (κ1) is 8.97. The third kappa shape index (κ3) is 1.55. The molecule has 0 aromatic heterocycles. The summed E-state index contributed by atoms with van der Waals surface area (Å²) in [5.41, 5.74) is 1.23. The minimum atomic E-state index is -0.0897. The highest BCUT2D eigenvalue weighted by molar-refractivity contribution is 14.1. The van der Waals surface area contributed by atoms with Gasteiger partial charge in [-0.15, -0.1) is 0 Å². The molecule has 2 heteroatoms. The normalized spacial score (nSPS) is 36.6. The maximum atomic E-state index is 10.5. The molecule has 1 aliphatic carbocycles. The minimum absolute atomic E-state index is 0.0751. The van der Waals surface area contributed by atoms with Gasteiger partial charge in [0.15, 0.2) is 0 Å². The fraction of sp³-hybridized carbons (Fsp3) is 0.444. The monoisotopic (exact) mass is 261 g/mol. The second-order valence-electron chi connectivity index (χ2n) is 2.91. The van der Waals surface area contributed by atoms with E-state index in [1.807, 2.05) is 31.4 Å². The molecule has 0 saturated carbocycles. The summed E-state index contributed by atoms with van der Waals surface area (Å²) in [7, 11) is 0. The minimum Gasteiger partial charge on any atom is -0.290 e. The summed E-state index contributed by atoms with van der Waals surface area (Å²) < 4.78 is -0.0751. The Bertz CT molecular complexity index is 226. The van der Waals surface area contributed by atoms with Gasteiger partial charge < -0.3 is 0 Å². The lowest BCUT2D eigenvalue weighted by Gasteiger charge is -2.29. The third-order valence-corrected chi connectivity index (χ3v) is 3.65. The number of hydrogen-bond acceptors (Lipinski definition) is 1. The van der Waals surface area contributed by atoms with E-state index in [0.717, 1.165) is 0 Å². The van der Waals surface area contributed by atoms with E-state index in [0.29, 0.717) is 0 Å². The molecular weight excluding hydrogens is 251 g/mol. The molecule has 0 N–H and O–H groups in total. The van der Waals surface area contributed by atoms with Gasteiger partial charge in [0.1, 0.15) is 0 Å². The number of alkyl halides is 1. The van der Waals surface area contributed by atoms with Crippen molar-refractivity contribution in [1.29, 1.82) is 0 Å². The van der Waals surface area contributed by atoms with Gasteiger partial charge >= 0.3 is 0 Å². The van der Waals surface area contributed by atoms with Crippen LogP contribution < -0.4 is 0 Å². The fourth-order valence-electron chi connectivity index (χ4n) is 1.05. The van der Waals surface area contributed by atoms with Crippen molar-refractivity contribution in [1.82, 2.24) is 0 Å². The quantitative estimate of drug-likeness (QED) is 0.523. The highest BCUT2D eigenvalue weighted by Gasteiger charge is 2.33. The molecule has 1 nitrogen and oxygen atoms in total. The predicted octanol–water partition coefficient (Wildman–Crippen LogP) is 2.42. The number of allylic oxidation sites excluding steroid dienone is 4. The third-order valence-electron chi connectivity index (χ3n) is 2.13. The predicted molar refractivity (Wildman–Crippen MR) is 54.5 cm³/mol. The molecule has 0 aromatic carbocycles. The van der Waals surface area contributed by atoms with Crippen LogP contribution in [0.1, 0.15) is 13.8 Å². The fourth-order valence-corrected chi connectivity index (χ4v) is 1.56. The van der Waals surface area contributed by atoms with E-state index in [2.05, 4.69) is 29.5 Å². The molecule has 0 aromatic rings. The van der Waals surface area contributed by atoms with Crippen LogP contribution >= 0.6 is 22.6 Å². The molecule has 0 aliphatic heterocycles. The van der Waals surface area contributed by atoms with Crippen LogP contribution in [-0.2, 0) is 4.79 Å². The zero-order valence-electron chi connectivity index (χ0n) is 6.60. The number of rotatable bonds is 1. The molecule has 1 radical (unpaired) electrons. The Morgan fingerprint density at radius 2 is 2.36 bits per heavy atom. The highest BCUT2D eigenvalue weighted by Crippen LogP contribution is 2.37. The van der Waals surface area contributed by atoms with E-state index in [1.165, 1.54) is 5.57 Å². The second kappa shape index (κ2) is 3.09. The van der Waals surface area contributed by atoms with Crippen LogP contribution in [0.25, 0.3) is 0 Å².